The minimum atomic E-state index is 1.17. The lowest BCUT2D eigenvalue weighted by Crippen LogP contribution is -2.28. The molecule has 0 saturated heterocycles. The quantitative estimate of drug-likeness (QED) is 0.609. The van der Waals surface area contributed by atoms with Crippen molar-refractivity contribution < 1.29 is 0 Å². The zero-order chi connectivity index (χ0) is 9.26. The summed E-state index contributed by atoms with van der Waals surface area (Å²) in [4.78, 5) is 0. The smallest absolute Gasteiger partial charge is 0.0479 e. The largest absolute Gasteiger partial charge is 0.324 e. The number of rotatable bonds is 1. The Bertz CT molecular complexity index is 442. The highest BCUT2D eigenvalue weighted by Crippen LogP contribution is 1.97. The first-order valence-corrected chi connectivity index (χ1v) is 4.79. The number of hydrogen-bond donors (Lipinski definition) is 0. The summed E-state index contributed by atoms with van der Waals surface area (Å²) in [6, 6.07) is 2.18. The fourth-order valence-corrected chi connectivity index (χ4v) is 1.72. The third-order valence-electron chi connectivity index (χ3n) is 2.25. The highest BCUT2D eigenvalue weighted by Gasteiger charge is 1.96. The van der Waals surface area contributed by atoms with Crippen molar-refractivity contribution in [3.63, 3.8) is 0 Å². The highest BCUT2D eigenvalue weighted by atomic mass is 14.9. The Hall–Kier alpha value is -1.24. The van der Waals surface area contributed by atoms with Crippen molar-refractivity contribution in [1.29, 1.82) is 0 Å². The Kier molecular flexibility index (Phi) is 2.09. The van der Waals surface area contributed by atoms with Gasteiger partial charge in [0, 0.05) is 17.7 Å². The molecule has 0 atom stereocenters. The molecule has 68 valence electrons. The van der Waals surface area contributed by atoms with Crippen molar-refractivity contribution in [2.75, 3.05) is 0 Å². The van der Waals surface area contributed by atoms with E-state index in [-0.39, 0.29) is 0 Å². The van der Waals surface area contributed by atoms with E-state index in [1.165, 1.54) is 29.0 Å². The van der Waals surface area contributed by atoms with E-state index < -0.39 is 0 Å². The summed E-state index contributed by atoms with van der Waals surface area (Å²) in [5.41, 5.74) is 1.33. The number of allylic oxidation sites excluding steroid dienone is 1. The van der Waals surface area contributed by atoms with Gasteiger partial charge in [-0.25, -0.2) is 0 Å². The van der Waals surface area contributed by atoms with Crippen LogP contribution >= 0.6 is 0 Å². The monoisotopic (exact) mass is 173 g/mol. The van der Waals surface area contributed by atoms with Gasteiger partial charge in [0.1, 0.15) is 0 Å². The number of nitrogens with zero attached hydrogens (tertiary/aromatic N) is 1. The Morgan fingerprint density at radius 2 is 2.08 bits per heavy atom. The fourth-order valence-electron chi connectivity index (χ4n) is 1.72. The average Bonchev–Trinajstić information content (AvgIpc) is 2.48. The normalized spacial score (nSPS) is 14.0. The predicted octanol–water partition coefficient (Wildman–Crippen LogP) is 1.72. The van der Waals surface area contributed by atoms with Crippen molar-refractivity contribution >= 4 is 18.4 Å². The maximum atomic E-state index is 2.31. The first-order chi connectivity index (χ1) is 6.27. The summed E-state index contributed by atoms with van der Waals surface area (Å²) in [6.07, 6.45) is 11.3. The molecule has 0 N–H and O–H groups in total. The molecular weight excluding hydrogens is 158 g/mol. The van der Waals surface area contributed by atoms with Gasteiger partial charge in [-0.2, -0.15) is 0 Å². The fraction of sp³-hybridized carbons (Fsp3) is 0.333. The topological polar surface area (TPSA) is 4.93 Å². The van der Waals surface area contributed by atoms with Crippen LogP contribution in [0.25, 0.3) is 18.4 Å². The van der Waals surface area contributed by atoms with Crippen LogP contribution in [-0.2, 0) is 0 Å². The van der Waals surface area contributed by atoms with E-state index in [4.69, 9.17) is 0 Å². The van der Waals surface area contributed by atoms with Crippen LogP contribution in [0.1, 0.15) is 26.7 Å². The van der Waals surface area contributed by atoms with E-state index in [1.807, 2.05) is 0 Å². The van der Waals surface area contributed by atoms with Gasteiger partial charge in [0.05, 0.1) is 0 Å². The van der Waals surface area contributed by atoms with Crippen molar-refractivity contribution in [2.45, 2.75) is 26.7 Å². The molecule has 0 radical (unpaired) electrons. The molecule has 0 bridgehead atoms. The molecule has 1 aromatic rings. The van der Waals surface area contributed by atoms with E-state index in [0.29, 0.717) is 0 Å². The summed E-state index contributed by atoms with van der Waals surface area (Å²) in [5.74, 6) is 0. The van der Waals surface area contributed by atoms with Gasteiger partial charge in [0.15, 0.2) is 0 Å². The lowest BCUT2D eigenvalue weighted by molar-refractivity contribution is 1.04. The molecule has 1 aliphatic rings. The lowest BCUT2D eigenvalue weighted by Gasteiger charge is -1.99. The van der Waals surface area contributed by atoms with Crippen molar-refractivity contribution in [3.8, 4) is 0 Å². The maximum Gasteiger partial charge on any atom is 0.0479 e. The van der Waals surface area contributed by atoms with Crippen LogP contribution in [-0.4, -0.2) is 4.57 Å². The van der Waals surface area contributed by atoms with E-state index in [2.05, 4.69) is 49.0 Å². The minimum Gasteiger partial charge on any atom is -0.324 e. The third-order valence-corrected chi connectivity index (χ3v) is 2.25. The van der Waals surface area contributed by atoms with Gasteiger partial charge >= 0.3 is 0 Å². The standard InChI is InChI=1S/C12H15N/c1-10(2)9-13-8-7-11-5-3-4-6-12(11)13/h5-9H,3-4H2,1-2H3. The van der Waals surface area contributed by atoms with E-state index in [0.717, 1.165) is 0 Å². The maximum absolute atomic E-state index is 2.31. The molecule has 1 heteroatoms. The van der Waals surface area contributed by atoms with Crippen LogP contribution < -0.4 is 10.6 Å². The number of aromatic nitrogens is 1. The summed E-state index contributed by atoms with van der Waals surface area (Å²) in [5, 5.41) is 2.73. The second kappa shape index (κ2) is 3.25. The second-order valence-electron chi connectivity index (χ2n) is 3.76. The van der Waals surface area contributed by atoms with Gasteiger partial charge in [0.2, 0.25) is 0 Å². The van der Waals surface area contributed by atoms with Crippen LogP contribution in [0.2, 0.25) is 0 Å². The van der Waals surface area contributed by atoms with Gasteiger partial charge in [0.25, 0.3) is 0 Å². The molecule has 1 heterocycles. The summed E-state index contributed by atoms with van der Waals surface area (Å²) >= 11 is 0. The summed E-state index contributed by atoms with van der Waals surface area (Å²) in [6.45, 7) is 4.25. The molecule has 0 unspecified atom stereocenters. The van der Waals surface area contributed by atoms with Gasteiger partial charge in [-0.15, -0.1) is 0 Å². The van der Waals surface area contributed by atoms with Crippen molar-refractivity contribution in [3.05, 3.63) is 28.4 Å². The molecule has 0 fully saturated rings. The first-order valence-electron chi connectivity index (χ1n) is 4.79. The Balaban J connectivity index is 2.63. The SMILES string of the molecule is CC(C)=Cn1ccc2c1=CCCC=2. The first kappa shape index (κ1) is 8.36. The van der Waals surface area contributed by atoms with Gasteiger partial charge < -0.3 is 4.57 Å². The summed E-state index contributed by atoms with van der Waals surface area (Å²) < 4.78 is 2.21. The predicted molar refractivity (Wildman–Crippen MR) is 57.5 cm³/mol. The molecule has 2 rings (SSSR count). The van der Waals surface area contributed by atoms with Crippen LogP contribution in [0.15, 0.2) is 17.8 Å². The van der Waals surface area contributed by atoms with E-state index in [1.54, 1.807) is 0 Å². The lowest BCUT2D eigenvalue weighted by atomic mass is 10.2. The molecule has 0 spiro atoms. The molecule has 0 saturated carbocycles. The van der Waals surface area contributed by atoms with Gasteiger partial charge in [-0.1, -0.05) is 17.7 Å². The molecule has 1 aromatic heterocycles. The Morgan fingerprint density at radius 1 is 1.31 bits per heavy atom. The third kappa shape index (κ3) is 1.59. The minimum absolute atomic E-state index is 1.17. The van der Waals surface area contributed by atoms with E-state index in [9.17, 15) is 0 Å². The van der Waals surface area contributed by atoms with E-state index >= 15 is 0 Å². The Labute approximate surface area is 78.7 Å². The summed E-state index contributed by atoms with van der Waals surface area (Å²) in [7, 11) is 0. The van der Waals surface area contributed by atoms with Crippen molar-refractivity contribution in [1.82, 2.24) is 4.57 Å². The average molecular weight is 173 g/mol. The zero-order valence-electron chi connectivity index (χ0n) is 8.25. The van der Waals surface area contributed by atoms with Gasteiger partial charge in [-0.05, 0) is 38.0 Å². The van der Waals surface area contributed by atoms with Crippen LogP contribution in [0.3, 0.4) is 0 Å². The highest BCUT2D eigenvalue weighted by molar-refractivity contribution is 5.40. The molecule has 13 heavy (non-hydrogen) atoms. The van der Waals surface area contributed by atoms with Gasteiger partial charge in [-0.3, -0.25) is 0 Å². The van der Waals surface area contributed by atoms with Crippen molar-refractivity contribution in [2.24, 2.45) is 0 Å². The molecule has 0 aliphatic heterocycles. The second-order valence-corrected chi connectivity index (χ2v) is 3.76. The zero-order valence-corrected chi connectivity index (χ0v) is 8.25. The Morgan fingerprint density at radius 3 is 2.85 bits per heavy atom. The number of hydrogen-bond acceptors (Lipinski definition) is 0. The van der Waals surface area contributed by atoms with Crippen LogP contribution in [0, 0.1) is 0 Å². The molecule has 0 aromatic carbocycles. The molecule has 1 nitrogen and oxygen atoms in total. The molecular formula is C12H15N. The van der Waals surface area contributed by atoms with Crippen LogP contribution in [0.4, 0.5) is 0 Å². The molecule has 0 amide bonds. The number of fused-ring (bicyclic) bond motifs is 1. The van der Waals surface area contributed by atoms with Crippen LogP contribution in [0.5, 0.6) is 0 Å². The molecule has 1 aliphatic carbocycles.